The van der Waals surface area contributed by atoms with E-state index in [1.807, 2.05) is 12.1 Å². The van der Waals surface area contributed by atoms with Gasteiger partial charge in [-0.2, -0.15) is 0 Å². The minimum absolute atomic E-state index is 0.0654. The standard InChI is InChI=1S/C22H23NO5/c1-27-15-10-8-14(9-11-15)20-19(22(25)26)17-6-2-3-7-18(17)21(24)23(20)13-16-5-4-12-28-16/h2-3,6-11,16,19-20H,4-5,12-13H2,1H3,(H,25,26)/t16-,19+,20-/m1/s1. The van der Waals surface area contributed by atoms with Crippen molar-refractivity contribution in [3.8, 4) is 5.75 Å². The normalized spacial score (nSPS) is 24.1. The third-order valence-corrected chi connectivity index (χ3v) is 5.59. The number of carbonyl (C=O) groups is 2. The molecule has 0 spiro atoms. The number of hydrogen-bond donors (Lipinski definition) is 1. The summed E-state index contributed by atoms with van der Waals surface area (Å²) < 4.78 is 11.0. The Morgan fingerprint density at radius 3 is 2.61 bits per heavy atom. The molecular formula is C22H23NO5. The highest BCUT2D eigenvalue weighted by Crippen LogP contribution is 2.43. The number of hydrogen-bond acceptors (Lipinski definition) is 4. The van der Waals surface area contributed by atoms with Crippen LogP contribution in [0.2, 0.25) is 0 Å². The molecule has 4 rings (SSSR count). The van der Waals surface area contributed by atoms with Gasteiger partial charge in [-0.1, -0.05) is 30.3 Å². The second-order valence-electron chi connectivity index (χ2n) is 7.21. The van der Waals surface area contributed by atoms with Gasteiger partial charge in [-0.15, -0.1) is 0 Å². The summed E-state index contributed by atoms with van der Waals surface area (Å²) in [5.74, 6) is -1.25. The van der Waals surface area contributed by atoms with Crippen molar-refractivity contribution in [3.05, 3.63) is 65.2 Å². The minimum atomic E-state index is -0.946. The van der Waals surface area contributed by atoms with E-state index in [9.17, 15) is 14.7 Å². The van der Waals surface area contributed by atoms with Gasteiger partial charge in [-0.05, 0) is 42.2 Å². The van der Waals surface area contributed by atoms with Gasteiger partial charge in [0.05, 0.1) is 19.3 Å². The van der Waals surface area contributed by atoms with Gasteiger partial charge in [-0.25, -0.2) is 0 Å². The number of benzene rings is 2. The van der Waals surface area contributed by atoms with E-state index in [1.54, 1.807) is 48.4 Å². The van der Waals surface area contributed by atoms with Crippen molar-refractivity contribution in [2.24, 2.45) is 0 Å². The van der Waals surface area contributed by atoms with Gasteiger partial charge in [0.15, 0.2) is 0 Å². The molecule has 146 valence electrons. The highest BCUT2D eigenvalue weighted by atomic mass is 16.5. The number of methoxy groups -OCH3 is 1. The summed E-state index contributed by atoms with van der Waals surface area (Å²) in [5, 5.41) is 10.1. The van der Waals surface area contributed by atoms with Gasteiger partial charge in [-0.3, -0.25) is 9.59 Å². The van der Waals surface area contributed by atoms with Crippen molar-refractivity contribution >= 4 is 11.9 Å². The van der Waals surface area contributed by atoms with Crippen molar-refractivity contribution in [2.75, 3.05) is 20.3 Å². The summed E-state index contributed by atoms with van der Waals surface area (Å²) in [4.78, 5) is 27.3. The Morgan fingerprint density at radius 2 is 1.96 bits per heavy atom. The van der Waals surface area contributed by atoms with Crippen molar-refractivity contribution in [1.82, 2.24) is 4.90 Å². The van der Waals surface area contributed by atoms with Crippen LogP contribution in [0.15, 0.2) is 48.5 Å². The van der Waals surface area contributed by atoms with Crippen LogP contribution in [0.3, 0.4) is 0 Å². The molecule has 1 fully saturated rings. The molecule has 2 aliphatic heterocycles. The average Bonchev–Trinajstić information content (AvgIpc) is 3.23. The fraction of sp³-hybridized carbons (Fsp3) is 0.364. The second-order valence-corrected chi connectivity index (χ2v) is 7.21. The van der Waals surface area contributed by atoms with Gasteiger partial charge in [0.25, 0.3) is 5.91 Å². The zero-order valence-electron chi connectivity index (χ0n) is 15.7. The van der Waals surface area contributed by atoms with Crippen molar-refractivity contribution in [1.29, 1.82) is 0 Å². The molecule has 1 amide bonds. The number of ether oxygens (including phenoxy) is 2. The zero-order valence-corrected chi connectivity index (χ0v) is 15.7. The lowest BCUT2D eigenvalue weighted by molar-refractivity contribution is -0.140. The van der Waals surface area contributed by atoms with Crippen molar-refractivity contribution in [2.45, 2.75) is 30.9 Å². The molecule has 0 bridgehead atoms. The van der Waals surface area contributed by atoms with E-state index in [4.69, 9.17) is 9.47 Å². The van der Waals surface area contributed by atoms with Gasteiger partial charge >= 0.3 is 5.97 Å². The third-order valence-electron chi connectivity index (χ3n) is 5.59. The van der Waals surface area contributed by atoms with Crippen molar-refractivity contribution in [3.63, 3.8) is 0 Å². The number of fused-ring (bicyclic) bond motifs is 1. The molecule has 0 unspecified atom stereocenters. The molecule has 6 heteroatoms. The molecule has 6 nitrogen and oxygen atoms in total. The molecule has 0 aromatic heterocycles. The number of carboxylic acid groups (broad SMARTS) is 1. The molecule has 2 aromatic carbocycles. The Kier molecular flexibility index (Phi) is 5.05. The maximum atomic E-state index is 13.3. The lowest BCUT2D eigenvalue weighted by atomic mass is 9.79. The molecule has 2 heterocycles. The first-order valence-electron chi connectivity index (χ1n) is 9.48. The van der Waals surface area contributed by atoms with Crippen LogP contribution in [0.1, 0.15) is 46.3 Å². The maximum absolute atomic E-state index is 13.3. The Bertz CT molecular complexity index is 873. The third kappa shape index (κ3) is 3.24. The van der Waals surface area contributed by atoms with Crippen LogP contribution in [0.4, 0.5) is 0 Å². The van der Waals surface area contributed by atoms with Gasteiger partial charge in [0, 0.05) is 18.7 Å². The molecule has 0 radical (unpaired) electrons. The Hall–Kier alpha value is -2.86. The number of carboxylic acids is 1. The van der Waals surface area contributed by atoms with E-state index in [0.717, 1.165) is 18.4 Å². The Balaban J connectivity index is 1.82. The first kappa shape index (κ1) is 18.5. The highest BCUT2D eigenvalue weighted by Gasteiger charge is 2.45. The summed E-state index contributed by atoms with van der Waals surface area (Å²) >= 11 is 0. The Labute approximate surface area is 163 Å². The average molecular weight is 381 g/mol. The predicted molar refractivity (Wildman–Crippen MR) is 103 cm³/mol. The smallest absolute Gasteiger partial charge is 0.313 e. The van der Waals surface area contributed by atoms with E-state index >= 15 is 0 Å². The summed E-state index contributed by atoms with van der Waals surface area (Å²) in [6.45, 7) is 1.06. The van der Waals surface area contributed by atoms with Crippen LogP contribution in [0, 0.1) is 0 Å². The lowest BCUT2D eigenvalue weighted by Crippen LogP contribution is -2.47. The SMILES string of the molecule is COc1ccc([C@@H]2[C@@H](C(=O)O)c3ccccc3C(=O)N2C[C@H]2CCCO2)cc1. The predicted octanol–water partition coefficient (Wildman–Crippen LogP) is 3.24. The summed E-state index contributed by atoms with van der Waals surface area (Å²) in [6.07, 6.45) is 1.77. The first-order chi connectivity index (χ1) is 13.6. The van der Waals surface area contributed by atoms with E-state index in [2.05, 4.69) is 0 Å². The molecular weight excluding hydrogens is 358 g/mol. The molecule has 1 saturated heterocycles. The summed E-state index contributed by atoms with van der Waals surface area (Å²) in [7, 11) is 1.58. The maximum Gasteiger partial charge on any atom is 0.313 e. The number of carbonyl (C=O) groups excluding carboxylic acids is 1. The van der Waals surface area contributed by atoms with Crippen molar-refractivity contribution < 1.29 is 24.2 Å². The van der Waals surface area contributed by atoms with Crippen LogP contribution in [0.5, 0.6) is 5.75 Å². The van der Waals surface area contributed by atoms with E-state index < -0.39 is 17.9 Å². The molecule has 2 aliphatic rings. The van der Waals surface area contributed by atoms with E-state index in [-0.39, 0.29) is 12.0 Å². The van der Waals surface area contributed by atoms with Gasteiger partial charge in [0.2, 0.25) is 0 Å². The van der Waals surface area contributed by atoms with Crippen LogP contribution in [-0.4, -0.2) is 48.2 Å². The van der Waals surface area contributed by atoms with Crippen LogP contribution >= 0.6 is 0 Å². The Morgan fingerprint density at radius 1 is 1.21 bits per heavy atom. The molecule has 0 aliphatic carbocycles. The summed E-state index contributed by atoms with van der Waals surface area (Å²) in [5.41, 5.74) is 1.79. The molecule has 2 aromatic rings. The number of rotatable bonds is 5. The molecule has 1 N–H and O–H groups in total. The number of aliphatic carboxylic acids is 1. The second kappa shape index (κ2) is 7.64. The topological polar surface area (TPSA) is 76.1 Å². The quantitative estimate of drug-likeness (QED) is 0.860. The summed E-state index contributed by atoms with van der Waals surface area (Å²) in [6, 6.07) is 13.7. The fourth-order valence-corrected chi connectivity index (χ4v) is 4.24. The largest absolute Gasteiger partial charge is 0.497 e. The van der Waals surface area contributed by atoms with Crippen LogP contribution in [0.25, 0.3) is 0 Å². The van der Waals surface area contributed by atoms with Crippen LogP contribution in [-0.2, 0) is 9.53 Å². The molecule has 28 heavy (non-hydrogen) atoms. The zero-order chi connectivity index (χ0) is 19.7. The number of amides is 1. The first-order valence-corrected chi connectivity index (χ1v) is 9.48. The monoisotopic (exact) mass is 381 g/mol. The lowest BCUT2D eigenvalue weighted by Gasteiger charge is -2.41. The van der Waals surface area contributed by atoms with E-state index in [1.165, 1.54) is 0 Å². The van der Waals surface area contributed by atoms with E-state index in [0.29, 0.717) is 30.0 Å². The van der Waals surface area contributed by atoms with Crippen LogP contribution < -0.4 is 4.74 Å². The van der Waals surface area contributed by atoms with Gasteiger partial charge in [0.1, 0.15) is 11.7 Å². The molecule has 3 atom stereocenters. The molecule has 0 saturated carbocycles. The highest BCUT2D eigenvalue weighted by molar-refractivity contribution is 6.00. The minimum Gasteiger partial charge on any atom is -0.497 e. The number of nitrogens with zero attached hydrogens (tertiary/aromatic N) is 1. The fourth-order valence-electron chi connectivity index (χ4n) is 4.24. The van der Waals surface area contributed by atoms with Gasteiger partial charge < -0.3 is 19.5 Å².